The number of ether oxygens (including phenoxy) is 3. The van der Waals surface area contributed by atoms with Gasteiger partial charge in [-0.05, 0) is 61.1 Å². The smallest absolute Gasteiger partial charge is 0.416 e. The number of likely N-dealkylation sites (tertiary alicyclic amines) is 2. The Morgan fingerprint density at radius 1 is 0.961 bits per heavy atom. The van der Waals surface area contributed by atoms with E-state index in [0.717, 1.165) is 31.3 Å². The molecule has 0 unspecified atom stereocenters. The number of esters is 1. The number of methoxy groups -OCH3 is 3. The monoisotopic (exact) mass is 717 g/mol. The van der Waals surface area contributed by atoms with E-state index in [0.29, 0.717) is 61.3 Å². The van der Waals surface area contributed by atoms with Gasteiger partial charge in [0, 0.05) is 69.8 Å². The zero-order valence-corrected chi connectivity index (χ0v) is 29.4. The molecule has 2 aromatic rings. The molecule has 1 aliphatic carbocycles. The number of rotatable bonds is 10. The maximum Gasteiger partial charge on any atom is 0.416 e. The topological polar surface area (TPSA) is 88.6 Å². The van der Waals surface area contributed by atoms with Gasteiger partial charge in [0.1, 0.15) is 12.0 Å². The Hall–Kier alpha value is -3.71. The van der Waals surface area contributed by atoms with Gasteiger partial charge in [-0.25, -0.2) is 4.39 Å². The van der Waals surface area contributed by atoms with Crippen LogP contribution in [-0.2, 0) is 30.0 Å². The van der Waals surface area contributed by atoms with Crippen LogP contribution in [0.5, 0.6) is 5.75 Å². The van der Waals surface area contributed by atoms with Crippen LogP contribution in [0.25, 0.3) is 0 Å². The molecule has 2 aromatic carbocycles. The van der Waals surface area contributed by atoms with E-state index in [-0.39, 0.29) is 50.6 Å². The van der Waals surface area contributed by atoms with Crippen molar-refractivity contribution in [1.29, 1.82) is 0 Å². The minimum atomic E-state index is -4.58. The third-order valence-corrected chi connectivity index (χ3v) is 11.8. The number of piperidine rings is 1. The van der Waals surface area contributed by atoms with Gasteiger partial charge in [-0.2, -0.15) is 13.2 Å². The molecule has 4 fully saturated rings. The number of hydrogen-bond acceptors (Lipinski definition) is 8. The fraction of sp³-hybridized carbons (Fsp3) is 0.605. The van der Waals surface area contributed by atoms with E-state index in [1.54, 1.807) is 24.3 Å². The molecule has 3 saturated heterocycles. The molecule has 4 atom stereocenters. The first kappa shape index (κ1) is 37.1. The number of carbonyl (C=O) groups is 3. The quantitative estimate of drug-likeness (QED) is 0.178. The number of benzene rings is 2. The highest BCUT2D eigenvalue weighted by atomic mass is 19.4. The molecule has 0 radical (unpaired) electrons. The molecule has 3 aliphatic heterocycles. The summed E-state index contributed by atoms with van der Waals surface area (Å²) in [5.41, 5.74) is -2.36. The maximum absolute atomic E-state index is 17.8. The van der Waals surface area contributed by atoms with Crippen molar-refractivity contribution >= 4 is 23.9 Å². The number of amides is 1. The molecule has 0 spiro atoms. The first-order chi connectivity index (χ1) is 24.4. The summed E-state index contributed by atoms with van der Waals surface area (Å²) in [6.45, 7) is 1.11. The minimum Gasteiger partial charge on any atom is -0.497 e. The molecule has 6 rings (SSSR count). The molecule has 1 amide bonds. The van der Waals surface area contributed by atoms with Crippen LogP contribution in [-0.4, -0.2) is 106 Å². The van der Waals surface area contributed by atoms with Gasteiger partial charge in [0.2, 0.25) is 5.67 Å². The summed E-state index contributed by atoms with van der Waals surface area (Å²) in [5.74, 6) is -2.40. The predicted octanol–water partition coefficient (Wildman–Crippen LogP) is 5.61. The van der Waals surface area contributed by atoms with Crippen LogP contribution in [0.2, 0.25) is 0 Å². The largest absolute Gasteiger partial charge is 0.497 e. The van der Waals surface area contributed by atoms with Gasteiger partial charge in [0.05, 0.1) is 37.8 Å². The number of carbonyl (C=O) groups excluding carboxylic acids is 3. The van der Waals surface area contributed by atoms with Gasteiger partial charge in [0.15, 0.2) is 0 Å². The molecule has 0 bridgehead atoms. The van der Waals surface area contributed by atoms with E-state index in [9.17, 15) is 27.6 Å². The molecular formula is C38H47F4N3O6. The number of hydrogen-bond donors (Lipinski definition) is 0. The van der Waals surface area contributed by atoms with Crippen molar-refractivity contribution in [2.24, 2.45) is 11.8 Å². The molecule has 3 heterocycles. The van der Waals surface area contributed by atoms with Crippen LogP contribution in [0.4, 0.5) is 23.2 Å². The minimum absolute atomic E-state index is 0.0870. The van der Waals surface area contributed by atoms with Gasteiger partial charge >= 0.3 is 12.1 Å². The Morgan fingerprint density at radius 3 is 2.24 bits per heavy atom. The third kappa shape index (κ3) is 7.07. The fourth-order valence-electron chi connectivity index (χ4n) is 8.94. The lowest BCUT2D eigenvalue weighted by Crippen LogP contribution is -2.52. The standard InChI is InChI=1S/C38H47F4N3O6/c1-49-22-27-19-44(20-31(27)30-11-8-28(38(40,41)42)18-33(30)43-16-12-26(13-17-43)34(47)51-3)35(48)37(39)23-45(36(24-46)14-4-5-15-36)21-32(37)25-6-9-29(50-2)10-7-25/h6-11,18,24,26-27,31-32H,4-5,12-17,19-23H2,1-3H3/t27-,31+,32+,37+/m1/s1. The molecular weight excluding hydrogens is 670 g/mol. The van der Waals surface area contributed by atoms with E-state index in [1.165, 1.54) is 32.3 Å². The fourth-order valence-corrected chi connectivity index (χ4v) is 8.94. The van der Waals surface area contributed by atoms with Crippen molar-refractivity contribution in [3.63, 3.8) is 0 Å². The Labute approximate surface area is 296 Å². The van der Waals surface area contributed by atoms with Crippen LogP contribution in [0, 0.1) is 11.8 Å². The van der Waals surface area contributed by atoms with Crippen molar-refractivity contribution in [2.45, 2.75) is 67.7 Å². The van der Waals surface area contributed by atoms with Crippen LogP contribution >= 0.6 is 0 Å². The van der Waals surface area contributed by atoms with E-state index >= 15 is 4.39 Å². The summed E-state index contributed by atoms with van der Waals surface area (Å²) in [4.78, 5) is 44.6. The molecule has 0 N–H and O–H groups in total. The van der Waals surface area contributed by atoms with Gasteiger partial charge in [-0.3, -0.25) is 14.5 Å². The van der Waals surface area contributed by atoms with E-state index < -0.39 is 40.7 Å². The Bertz CT molecular complexity index is 1570. The molecule has 0 aromatic heterocycles. The number of anilines is 1. The summed E-state index contributed by atoms with van der Waals surface area (Å²) >= 11 is 0. The summed E-state index contributed by atoms with van der Waals surface area (Å²) in [6, 6.07) is 10.7. The van der Waals surface area contributed by atoms with Crippen molar-refractivity contribution in [3.8, 4) is 5.75 Å². The number of halogens is 4. The molecule has 13 heteroatoms. The SMILES string of the molecule is COC[C@H]1CN(C(=O)[C@]2(F)CN(C3(C=O)CCCC3)C[C@H]2c2ccc(OC)cc2)C[C@@H]1c1ccc(C(F)(F)F)cc1N1CCC(C(=O)OC)CC1. The Kier molecular flexibility index (Phi) is 10.7. The van der Waals surface area contributed by atoms with Crippen molar-refractivity contribution < 1.29 is 46.2 Å². The second kappa shape index (κ2) is 14.7. The van der Waals surface area contributed by atoms with Gasteiger partial charge in [-0.1, -0.05) is 31.0 Å². The van der Waals surface area contributed by atoms with Crippen LogP contribution in [0.15, 0.2) is 42.5 Å². The van der Waals surface area contributed by atoms with Crippen LogP contribution < -0.4 is 9.64 Å². The lowest BCUT2D eigenvalue weighted by molar-refractivity contribution is -0.146. The number of alkyl halides is 4. The zero-order chi connectivity index (χ0) is 36.6. The van der Waals surface area contributed by atoms with E-state index in [2.05, 4.69) is 0 Å². The molecule has 1 saturated carbocycles. The molecule has 51 heavy (non-hydrogen) atoms. The zero-order valence-electron chi connectivity index (χ0n) is 29.4. The average molecular weight is 718 g/mol. The second-order valence-corrected chi connectivity index (χ2v) is 14.6. The summed E-state index contributed by atoms with van der Waals surface area (Å²) in [7, 11) is 4.38. The number of nitrogens with zero attached hydrogens (tertiary/aromatic N) is 3. The molecule has 278 valence electrons. The van der Waals surface area contributed by atoms with Crippen LogP contribution in [0.3, 0.4) is 0 Å². The number of aldehydes is 1. The molecule has 4 aliphatic rings. The van der Waals surface area contributed by atoms with E-state index in [4.69, 9.17) is 14.2 Å². The second-order valence-electron chi connectivity index (χ2n) is 14.6. The third-order valence-electron chi connectivity index (χ3n) is 11.8. The van der Waals surface area contributed by atoms with Crippen LogP contribution in [0.1, 0.15) is 67.1 Å². The highest BCUT2D eigenvalue weighted by molar-refractivity contribution is 5.88. The lowest BCUT2D eigenvalue weighted by atomic mass is 9.85. The Morgan fingerprint density at radius 2 is 1.65 bits per heavy atom. The van der Waals surface area contributed by atoms with Crippen molar-refractivity contribution in [3.05, 3.63) is 59.2 Å². The molecule has 9 nitrogen and oxygen atoms in total. The highest BCUT2D eigenvalue weighted by Gasteiger charge is 2.60. The average Bonchev–Trinajstić information content (AvgIpc) is 3.89. The van der Waals surface area contributed by atoms with Gasteiger partial charge < -0.3 is 28.8 Å². The Balaban J connectivity index is 1.33. The summed E-state index contributed by atoms with van der Waals surface area (Å²) in [5, 5.41) is 0. The highest BCUT2D eigenvalue weighted by Crippen LogP contribution is 2.49. The summed E-state index contributed by atoms with van der Waals surface area (Å²) < 4.78 is 75.7. The predicted molar refractivity (Wildman–Crippen MR) is 181 cm³/mol. The van der Waals surface area contributed by atoms with Crippen molar-refractivity contribution in [2.75, 3.05) is 72.1 Å². The first-order valence-electron chi connectivity index (χ1n) is 17.7. The summed E-state index contributed by atoms with van der Waals surface area (Å²) in [6.07, 6.45) is 0.0869. The lowest BCUT2D eigenvalue weighted by Gasteiger charge is -2.35. The maximum atomic E-state index is 17.8. The van der Waals surface area contributed by atoms with Gasteiger partial charge in [-0.15, -0.1) is 0 Å². The van der Waals surface area contributed by atoms with Gasteiger partial charge in [0.25, 0.3) is 5.91 Å². The first-order valence-corrected chi connectivity index (χ1v) is 17.7. The normalized spacial score (nSPS) is 27.2. The van der Waals surface area contributed by atoms with E-state index in [1.807, 2.05) is 9.80 Å². The van der Waals surface area contributed by atoms with Crippen molar-refractivity contribution in [1.82, 2.24) is 9.80 Å².